The van der Waals surface area contributed by atoms with E-state index in [2.05, 4.69) is 115 Å². The minimum Gasteiger partial charge on any atom is -0.383 e. The number of nitrogens with two attached hydrogens (primary N) is 1. The molecule has 45 heavy (non-hydrogen) atoms. The maximum absolute atomic E-state index is 6.58. The molecule has 220 valence electrons. The van der Waals surface area contributed by atoms with Crippen LogP contribution < -0.4 is 5.73 Å². The molecule has 0 radical (unpaired) electrons. The zero-order valence-electron chi connectivity index (χ0n) is 25.2. The zero-order valence-corrected chi connectivity index (χ0v) is 26.0. The second-order valence-electron chi connectivity index (χ2n) is 11.8. The van der Waals surface area contributed by atoms with Gasteiger partial charge in [-0.25, -0.2) is 4.99 Å². The van der Waals surface area contributed by atoms with Gasteiger partial charge in [-0.3, -0.25) is 4.99 Å². The van der Waals surface area contributed by atoms with Gasteiger partial charge in [0, 0.05) is 43.7 Å². The smallest absolute Gasteiger partial charge is 0.157 e. The van der Waals surface area contributed by atoms with Crippen LogP contribution in [0.2, 0.25) is 0 Å². The van der Waals surface area contributed by atoms with Crippen LogP contribution in [0.1, 0.15) is 36.8 Å². The number of rotatable bonds is 5. The van der Waals surface area contributed by atoms with Gasteiger partial charge in [0.2, 0.25) is 0 Å². The van der Waals surface area contributed by atoms with Gasteiger partial charge in [0.05, 0.1) is 17.1 Å². The van der Waals surface area contributed by atoms with Crippen molar-refractivity contribution < 1.29 is 0 Å². The summed E-state index contributed by atoms with van der Waals surface area (Å²) >= 11 is 1.96. The van der Waals surface area contributed by atoms with Gasteiger partial charge in [-0.05, 0) is 61.3 Å². The van der Waals surface area contributed by atoms with E-state index in [1.54, 1.807) is 0 Å². The SMILES string of the molecule is CC(N=C(N=C(N)c1ccccc1)C1=CCCC=C1)C1=CC(n2c3ccccc3c3ccccc32)=CC2Sc3ccccc3C12. The number of nitrogens with zero attached hydrogens (tertiary/aromatic N) is 3. The fraction of sp³-hybridized carbons (Fsp3) is 0.150. The number of para-hydroxylation sites is 2. The molecule has 5 heteroatoms. The molecule has 0 bridgehead atoms. The Morgan fingerprint density at radius 2 is 1.53 bits per heavy atom. The van der Waals surface area contributed by atoms with E-state index in [9.17, 15) is 0 Å². The molecule has 4 nitrogen and oxygen atoms in total. The highest BCUT2D eigenvalue weighted by molar-refractivity contribution is 8.00. The molecule has 3 atom stereocenters. The standard InChI is InChI=1S/C40H34N4S/c1-26(42-40(28-16-6-3-7-17-28)43-39(41)27-14-4-2-5-15-27)33-24-29(25-37-38(33)32-20-10-13-23-36(32)45-37)44-34-21-11-8-18-30(34)31-19-9-12-22-35(31)44/h2,4-6,8-26,37-38H,3,7H2,1H3,(H2,41,42,43). The molecule has 1 aliphatic heterocycles. The second kappa shape index (κ2) is 11.6. The number of hydrogen-bond acceptors (Lipinski definition) is 2. The first-order valence-electron chi connectivity index (χ1n) is 15.7. The van der Waals surface area contributed by atoms with Crippen molar-refractivity contribution in [3.63, 3.8) is 0 Å². The highest BCUT2D eigenvalue weighted by Gasteiger charge is 2.39. The van der Waals surface area contributed by atoms with E-state index in [0.29, 0.717) is 11.7 Å². The molecule has 0 amide bonds. The van der Waals surface area contributed by atoms with Gasteiger partial charge in [-0.1, -0.05) is 103 Å². The summed E-state index contributed by atoms with van der Waals surface area (Å²) in [7, 11) is 0. The first-order valence-corrected chi connectivity index (χ1v) is 16.6. The van der Waals surface area contributed by atoms with Crippen molar-refractivity contribution in [1.82, 2.24) is 4.57 Å². The highest BCUT2D eigenvalue weighted by atomic mass is 32.2. The van der Waals surface area contributed by atoms with Crippen molar-refractivity contribution in [1.29, 1.82) is 0 Å². The topological polar surface area (TPSA) is 55.7 Å². The summed E-state index contributed by atoms with van der Waals surface area (Å²) in [5.41, 5.74) is 14.8. The molecule has 8 rings (SSSR count). The summed E-state index contributed by atoms with van der Waals surface area (Å²) in [6, 6.07) is 36.1. The van der Waals surface area contributed by atoms with E-state index < -0.39 is 0 Å². The average molecular weight is 603 g/mol. The fourth-order valence-corrected chi connectivity index (χ4v) is 8.35. The van der Waals surface area contributed by atoms with E-state index in [0.717, 1.165) is 24.0 Å². The lowest BCUT2D eigenvalue weighted by atomic mass is 9.81. The summed E-state index contributed by atoms with van der Waals surface area (Å²) in [6.07, 6.45) is 13.4. The van der Waals surface area contributed by atoms with Gasteiger partial charge < -0.3 is 10.3 Å². The van der Waals surface area contributed by atoms with E-state index in [1.807, 2.05) is 42.1 Å². The van der Waals surface area contributed by atoms with E-state index >= 15 is 0 Å². The van der Waals surface area contributed by atoms with Crippen LogP contribution in [0, 0.1) is 0 Å². The van der Waals surface area contributed by atoms with Crippen LogP contribution in [0.25, 0.3) is 27.5 Å². The first kappa shape index (κ1) is 27.7. The summed E-state index contributed by atoms with van der Waals surface area (Å²) in [5.74, 6) is 1.39. The molecule has 2 N–H and O–H groups in total. The van der Waals surface area contributed by atoms with Gasteiger partial charge in [0.25, 0.3) is 0 Å². The van der Waals surface area contributed by atoms with Crippen molar-refractivity contribution in [2.75, 3.05) is 0 Å². The molecule has 0 fully saturated rings. The zero-order chi connectivity index (χ0) is 30.3. The van der Waals surface area contributed by atoms with Crippen molar-refractivity contribution >= 4 is 50.9 Å². The monoisotopic (exact) mass is 602 g/mol. The molecule has 3 unspecified atom stereocenters. The van der Waals surface area contributed by atoms with Crippen molar-refractivity contribution in [3.8, 4) is 0 Å². The highest BCUT2D eigenvalue weighted by Crippen LogP contribution is 2.53. The van der Waals surface area contributed by atoms with Crippen LogP contribution in [0.3, 0.4) is 0 Å². The maximum atomic E-state index is 6.58. The fourth-order valence-electron chi connectivity index (χ4n) is 6.93. The number of amidine groups is 2. The largest absolute Gasteiger partial charge is 0.383 e. The Morgan fingerprint density at radius 1 is 0.844 bits per heavy atom. The van der Waals surface area contributed by atoms with Crippen molar-refractivity contribution in [2.45, 2.75) is 41.9 Å². The molecule has 0 saturated carbocycles. The third-order valence-corrected chi connectivity index (χ3v) is 10.3. The predicted octanol–water partition coefficient (Wildman–Crippen LogP) is 9.30. The molecular weight excluding hydrogens is 569 g/mol. The summed E-state index contributed by atoms with van der Waals surface area (Å²) in [6.45, 7) is 2.21. The van der Waals surface area contributed by atoms with E-state index in [1.165, 1.54) is 43.5 Å². The molecule has 0 saturated heterocycles. The van der Waals surface area contributed by atoms with Gasteiger partial charge in [0.15, 0.2) is 5.84 Å². The van der Waals surface area contributed by atoms with Crippen LogP contribution in [-0.2, 0) is 0 Å². The Balaban J connectivity index is 1.29. The van der Waals surface area contributed by atoms with Gasteiger partial charge in [-0.2, -0.15) is 0 Å². The van der Waals surface area contributed by atoms with Gasteiger partial charge in [-0.15, -0.1) is 11.8 Å². The molecular formula is C40H34N4S. The number of benzene rings is 4. The third-order valence-electron chi connectivity index (χ3n) is 9.04. The van der Waals surface area contributed by atoms with E-state index in [4.69, 9.17) is 15.7 Å². The number of allylic oxidation sites excluding steroid dienone is 4. The normalized spacial score (nSPS) is 20.4. The predicted molar refractivity (Wildman–Crippen MR) is 191 cm³/mol. The Bertz CT molecular complexity index is 2070. The van der Waals surface area contributed by atoms with Crippen LogP contribution in [0.15, 0.2) is 160 Å². The Morgan fingerprint density at radius 3 is 2.27 bits per heavy atom. The molecule has 3 aliphatic rings. The lowest BCUT2D eigenvalue weighted by Gasteiger charge is -2.29. The lowest BCUT2D eigenvalue weighted by Crippen LogP contribution is -2.24. The summed E-state index contributed by atoms with van der Waals surface area (Å²) in [5, 5.41) is 2.80. The third kappa shape index (κ3) is 4.98. The molecule has 1 aromatic heterocycles. The van der Waals surface area contributed by atoms with Gasteiger partial charge >= 0.3 is 0 Å². The van der Waals surface area contributed by atoms with Crippen LogP contribution in [0.4, 0.5) is 0 Å². The summed E-state index contributed by atoms with van der Waals surface area (Å²) < 4.78 is 2.43. The number of fused-ring (bicyclic) bond motifs is 6. The van der Waals surface area contributed by atoms with E-state index in [-0.39, 0.29) is 17.2 Å². The lowest BCUT2D eigenvalue weighted by molar-refractivity contribution is 0.713. The molecule has 2 aliphatic carbocycles. The minimum atomic E-state index is -0.125. The Labute approximate surface area is 268 Å². The van der Waals surface area contributed by atoms with Crippen molar-refractivity contribution in [3.05, 3.63) is 156 Å². The maximum Gasteiger partial charge on any atom is 0.157 e. The minimum absolute atomic E-state index is 0.125. The van der Waals surface area contributed by atoms with Gasteiger partial charge in [0.1, 0.15) is 5.84 Å². The Kier molecular flexibility index (Phi) is 7.11. The molecule has 4 aromatic carbocycles. The Hall–Kier alpha value is -4.87. The quantitative estimate of drug-likeness (QED) is 0.161. The number of aliphatic imine (C=N–C) groups is 2. The molecule has 5 aromatic rings. The summed E-state index contributed by atoms with van der Waals surface area (Å²) in [4.78, 5) is 11.7. The first-order chi connectivity index (χ1) is 22.2. The van der Waals surface area contributed by atoms with Crippen LogP contribution >= 0.6 is 11.8 Å². The number of aromatic nitrogens is 1. The number of hydrogen-bond donors (Lipinski definition) is 1. The van der Waals surface area contributed by atoms with Crippen LogP contribution in [-0.4, -0.2) is 27.5 Å². The van der Waals surface area contributed by atoms with Crippen molar-refractivity contribution in [2.24, 2.45) is 15.7 Å². The number of thioether (sulfide) groups is 1. The average Bonchev–Trinajstić information content (AvgIpc) is 3.64. The van der Waals surface area contributed by atoms with Crippen LogP contribution in [0.5, 0.6) is 0 Å². The molecule has 0 spiro atoms. The molecule has 2 heterocycles. The second-order valence-corrected chi connectivity index (χ2v) is 13.1.